The van der Waals surface area contributed by atoms with E-state index in [-0.39, 0.29) is 11.6 Å². The van der Waals surface area contributed by atoms with Crippen LogP contribution in [0.4, 0.5) is 4.39 Å². The van der Waals surface area contributed by atoms with Crippen LogP contribution in [0.3, 0.4) is 0 Å². The molecule has 0 unspecified atom stereocenters. The summed E-state index contributed by atoms with van der Waals surface area (Å²) < 4.78 is 25.7. The summed E-state index contributed by atoms with van der Waals surface area (Å²) in [5.74, 6) is -1.04. The van der Waals surface area contributed by atoms with Gasteiger partial charge in [0.05, 0.1) is 23.3 Å². The van der Waals surface area contributed by atoms with Crippen molar-refractivity contribution in [2.45, 2.75) is 25.5 Å². The molecule has 1 aromatic heterocycles. The van der Waals surface area contributed by atoms with E-state index in [1.54, 1.807) is 12.1 Å². The summed E-state index contributed by atoms with van der Waals surface area (Å²) >= 11 is 1.21. The highest BCUT2D eigenvalue weighted by Gasteiger charge is 2.16. The Labute approximate surface area is 200 Å². The number of halogens is 1. The number of nitrogens with zero attached hydrogens (tertiary/aromatic N) is 2. The Kier molecular flexibility index (Phi) is 7.27. The lowest BCUT2D eigenvalue weighted by Crippen LogP contribution is -2.20. The third kappa shape index (κ3) is 5.63. The minimum absolute atomic E-state index is 0.0244. The maximum absolute atomic E-state index is 13.3. The fraction of sp³-hybridized carbons (Fsp3) is 0.192. The standard InChI is InChI=1S/C26H23FN2O4S/c1-17-6-5-7-18(2)25(17)33-23(30)15-32-24(31)16-34-26-28-21-8-3-4-9-22(21)29(26)14-19-10-12-20(27)13-11-19/h3-13H,14-16H2,1-2H3. The molecule has 34 heavy (non-hydrogen) atoms. The van der Waals surface area contributed by atoms with Crippen molar-refractivity contribution in [3.05, 3.63) is 89.2 Å². The van der Waals surface area contributed by atoms with Crippen LogP contribution in [0.25, 0.3) is 11.0 Å². The number of benzene rings is 3. The summed E-state index contributed by atoms with van der Waals surface area (Å²) in [6, 6.07) is 19.5. The first-order valence-corrected chi connectivity index (χ1v) is 11.6. The number of carbonyl (C=O) groups excluding carboxylic acids is 2. The van der Waals surface area contributed by atoms with Gasteiger partial charge in [0.25, 0.3) is 0 Å². The molecular formula is C26H23FN2O4S. The molecule has 174 valence electrons. The first-order chi connectivity index (χ1) is 16.4. The van der Waals surface area contributed by atoms with Gasteiger partial charge in [0.2, 0.25) is 0 Å². The summed E-state index contributed by atoms with van der Waals surface area (Å²) in [6.45, 7) is 3.69. The molecular weight excluding hydrogens is 455 g/mol. The zero-order valence-electron chi connectivity index (χ0n) is 18.8. The summed E-state index contributed by atoms with van der Waals surface area (Å²) in [7, 11) is 0. The molecule has 0 amide bonds. The third-order valence-corrected chi connectivity index (χ3v) is 6.12. The van der Waals surface area contributed by atoms with Gasteiger partial charge >= 0.3 is 11.9 Å². The average molecular weight is 479 g/mol. The number of esters is 2. The van der Waals surface area contributed by atoms with E-state index in [9.17, 15) is 14.0 Å². The van der Waals surface area contributed by atoms with Crippen LogP contribution in [0.15, 0.2) is 71.9 Å². The lowest BCUT2D eigenvalue weighted by molar-refractivity contribution is -0.151. The normalized spacial score (nSPS) is 10.9. The molecule has 4 aromatic rings. The van der Waals surface area contributed by atoms with Crippen molar-refractivity contribution in [2.24, 2.45) is 0 Å². The molecule has 6 nitrogen and oxygen atoms in total. The Hall–Kier alpha value is -3.65. The number of fused-ring (bicyclic) bond motifs is 1. The molecule has 0 aliphatic rings. The highest BCUT2D eigenvalue weighted by molar-refractivity contribution is 7.99. The molecule has 1 heterocycles. The van der Waals surface area contributed by atoms with Crippen LogP contribution in [0.2, 0.25) is 0 Å². The van der Waals surface area contributed by atoms with Crippen LogP contribution in [0.5, 0.6) is 5.75 Å². The van der Waals surface area contributed by atoms with Gasteiger partial charge in [-0.05, 0) is 54.8 Å². The van der Waals surface area contributed by atoms with E-state index < -0.39 is 18.5 Å². The van der Waals surface area contributed by atoms with E-state index in [4.69, 9.17) is 9.47 Å². The Morgan fingerprint density at radius 1 is 0.941 bits per heavy atom. The van der Waals surface area contributed by atoms with E-state index >= 15 is 0 Å². The fourth-order valence-electron chi connectivity index (χ4n) is 3.50. The van der Waals surface area contributed by atoms with Crippen molar-refractivity contribution < 1.29 is 23.5 Å². The third-order valence-electron chi connectivity index (χ3n) is 5.17. The Bertz CT molecular complexity index is 1310. The smallest absolute Gasteiger partial charge is 0.349 e. The Morgan fingerprint density at radius 2 is 1.65 bits per heavy atom. The zero-order valence-corrected chi connectivity index (χ0v) is 19.6. The maximum atomic E-state index is 13.3. The molecule has 0 aliphatic carbocycles. The lowest BCUT2D eigenvalue weighted by atomic mass is 10.1. The fourth-order valence-corrected chi connectivity index (χ4v) is 4.31. The minimum atomic E-state index is -0.640. The van der Waals surface area contributed by atoms with Crippen LogP contribution in [0, 0.1) is 19.7 Å². The number of imidazole rings is 1. The van der Waals surface area contributed by atoms with E-state index in [0.29, 0.717) is 17.5 Å². The Balaban J connectivity index is 1.38. The van der Waals surface area contributed by atoms with Crippen LogP contribution in [-0.4, -0.2) is 33.8 Å². The quantitative estimate of drug-likeness (QED) is 0.200. The summed E-state index contributed by atoms with van der Waals surface area (Å²) in [4.78, 5) is 29.1. The molecule has 0 fully saturated rings. The van der Waals surface area contributed by atoms with Crippen molar-refractivity contribution in [3.63, 3.8) is 0 Å². The molecule has 0 saturated carbocycles. The van der Waals surface area contributed by atoms with Gasteiger partial charge in [0.15, 0.2) is 11.8 Å². The maximum Gasteiger partial charge on any atom is 0.349 e. The summed E-state index contributed by atoms with van der Waals surface area (Å²) in [6.07, 6.45) is 0. The molecule has 0 spiro atoms. The monoisotopic (exact) mass is 478 g/mol. The second-order valence-corrected chi connectivity index (χ2v) is 8.68. The largest absolute Gasteiger partial charge is 0.453 e. The SMILES string of the molecule is Cc1cccc(C)c1OC(=O)COC(=O)CSc1nc2ccccc2n1Cc1ccc(F)cc1. The summed E-state index contributed by atoms with van der Waals surface area (Å²) in [5, 5.41) is 0.626. The predicted molar refractivity (Wildman–Crippen MR) is 128 cm³/mol. The second-order valence-electron chi connectivity index (χ2n) is 7.74. The molecule has 0 saturated heterocycles. The van der Waals surface area contributed by atoms with Crippen molar-refractivity contribution in [1.82, 2.24) is 9.55 Å². The lowest BCUT2D eigenvalue weighted by Gasteiger charge is -2.11. The van der Waals surface area contributed by atoms with E-state index in [2.05, 4.69) is 4.98 Å². The van der Waals surface area contributed by atoms with E-state index in [1.165, 1.54) is 23.9 Å². The molecule has 0 bridgehead atoms. The number of ether oxygens (including phenoxy) is 2. The number of hydrogen-bond acceptors (Lipinski definition) is 6. The number of thioether (sulfide) groups is 1. The zero-order chi connectivity index (χ0) is 24.1. The van der Waals surface area contributed by atoms with Crippen LogP contribution in [0.1, 0.15) is 16.7 Å². The van der Waals surface area contributed by atoms with Crippen molar-refractivity contribution in [2.75, 3.05) is 12.4 Å². The highest BCUT2D eigenvalue weighted by atomic mass is 32.2. The van der Waals surface area contributed by atoms with E-state index in [1.807, 2.05) is 60.9 Å². The molecule has 4 rings (SSSR count). The van der Waals surface area contributed by atoms with Gasteiger partial charge < -0.3 is 14.0 Å². The molecule has 0 aliphatic heterocycles. The number of para-hydroxylation sites is 3. The number of carbonyl (C=O) groups is 2. The number of hydrogen-bond donors (Lipinski definition) is 0. The Morgan fingerprint density at radius 3 is 2.38 bits per heavy atom. The van der Waals surface area contributed by atoms with Crippen LogP contribution < -0.4 is 4.74 Å². The van der Waals surface area contributed by atoms with Crippen LogP contribution >= 0.6 is 11.8 Å². The highest BCUT2D eigenvalue weighted by Crippen LogP contribution is 2.26. The van der Waals surface area contributed by atoms with Crippen molar-refractivity contribution >= 4 is 34.7 Å². The number of rotatable bonds is 8. The van der Waals surface area contributed by atoms with Crippen molar-refractivity contribution in [3.8, 4) is 5.75 Å². The predicted octanol–water partition coefficient (Wildman–Crippen LogP) is 5.08. The molecule has 0 radical (unpaired) electrons. The van der Waals surface area contributed by atoms with Gasteiger partial charge in [-0.3, -0.25) is 4.79 Å². The summed E-state index contributed by atoms with van der Waals surface area (Å²) in [5.41, 5.74) is 4.26. The van der Waals surface area contributed by atoms with Gasteiger partial charge in [-0.15, -0.1) is 0 Å². The minimum Gasteiger partial charge on any atom is -0.453 e. The van der Waals surface area contributed by atoms with Gasteiger partial charge in [-0.2, -0.15) is 0 Å². The average Bonchev–Trinajstić information content (AvgIpc) is 3.17. The van der Waals surface area contributed by atoms with Gasteiger partial charge in [-0.1, -0.05) is 54.2 Å². The molecule has 0 N–H and O–H groups in total. The number of aromatic nitrogens is 2. The van der Waals surface area contributed by atoms with Gasteiger partial charge in [0.1, 0.15) is 11.6 Å². The van der Waals surface area contributed by atoms with Crippen molar-refractivity contribution in [1.29, 1.82) is 0 Å². The van der Waals surface area contributed by atoms with Gasteiger partial charge in [0, 0.05) is 0 Å². The molecule has 8 heteroatoms. The number of aryl methyl sites for hydroxylation is 2. The topological polar surface area (TPSA) is 70.4 Å². The second kappa shape index (κ2) is 10.5. The first kappa shape index (κ1) is 23.5. The first-order valence-electron chi connectivity index (χ1n) is 10.7. The van der Waals surface area contributed by atoms with Crippen LogP contribution in [-0.2, 0) is 20.9 Å². The van der Waals surface area contributed by atoms with Gasteiger partial charge in [-0.25, -0.2) is 14.2 Å². The molecule has 3 aromatic carbocycles. The van der Waals surface area contributed by atoms with E-state index in [0.717, 1.165) is 27.7 Å². The molecule has 0 atom stereocenters.